The Hall–Kier alpha value is -0.220. The first-order chi connectivity index (χ1) is 5.72. The molecule has 1 unspecified atom stereocenters. The Morgan fingerprint density at radius 1 is 1.67 bits per heavy atom. The number of thioether (sulfide) groups is 1. The van der Waals surface area contributed by atoms with Crippen molar-refractivity contribution < 1.29 is 4.79 Å². The molecule has 1 N–H and O–H groups in total. The van der Waals surface area contributed by atoms with E-state index in [9.17, 15) is 4.79 Å². The minimum atomic E-state index is 0.209. The van der Waals surface area contributed by atoms with Gasteiger partial charge in [-0.1, -0.05) is 0 Å². The van der Waals surface area contributed by atoms with Crippen LogP contribution in [0.3, 0.4) is 0 Å². The van der Waals surface area contributed by atoms with E-state index in [0.29, 0.717) is 0 Å². The second kappa shape index (κ2) is 2.92. The Balaban J connectivity index is 2.01. The van der Waals surface area contributed by atoms with Gasteiger partial charge in [-0.2, -0.15) is 0 Å². The average Bonchev–Trinajstić information content (AvgIpc) is 2.62. The summed E-state index contributed by atoms with van der Waals surface area (Å²) in [7, 11) is 0. The lowest BCUT2D eigenvalue weighted by molar-refractivity contribution is -0.127. The molecule has 2 rings (SSSR count). The van der Waals surface area contributed by atoms with Crippen LogP contribution >= 0.6 is 11.8 Å². The maximum absolute atomic E-state index is 11.1. The minimum absolute atomic E-state index is 0.209. The summed E-state index contributed by atoms with van der Waals surface area (Å²) in [6, 6.07) is 0. The highest BCUT2D eigenvalue weighted by Crippen LogP contribution is 2.35. The number of amides is 1. The Kier molecular flexibility index (Phi) is 2.04. The molecule has 0 saturated carbocycles. The molecule has 12 heavy (non-hydrogen) atoms. The monoisotopic (exact) mass is 186 g/mol. The van der Waals surface area contributed by atoms with Crippen LogP contribution in [0.15, 0.2) is 0 Å². The highest BCUT2D eigenvalue weighted by Gasteiger charge is 2.41. The number of nitrogens with zero attached hydrogens (tertiary/aromatic N) is 1. The van der Waals surface area contributed by atoms with Gasteiger partial charge < -0.3 is 10.2 Å². The number of hydrogen-bond acceptors (Lipinski definition) is 3. The van der Waals surface area contributed by atoms with Crippen LogP contribution in [0.2, 0.25) is 0 Å². The molecule has 1 spiro atoms. The molecule has 0 aromatic carbocycles. The third kappa shape index (κ3) is 1.33. The molecule has 2 heterocycles. The topological polar surface area (TPSA) is 32.3 Å². The SMILES string of the molecule is CC(=O)N1CCC2(C1)NCCS2. The maximum atomic E-state index is 11.1. The molecule has 1 atom stereocenters. The molecule has 0 bridgehead atoms. The molecule has 0 aromatic heterocycles. The number of hydrogen-bond donors (Lipinski definition) is 1. The van der Waals surface area contributed by atoms with Gasteiger partial charge in [0.15, 0.2) is 0 Å². The van der Waals surface area contributed by atoms with E-state index in [1.54, 1.807) is 6.92 Å². The van der Waals surface area contributed by atoms with Gasteiger partial charge in [-0.25, -0.2) is 0 Å². The molecule has 2 aliphatic rings. The number of nitrogens with one attached hydrogen (secondary N) is 1. The van der Waals surface area contributed by atoms with Gasteiger partial charge in [-0.05, 0) is 6.42 Å². The normalized spacial score (nSPS) is 34.9. The first kappa shape index (κ1) is 8.38. The number of carbonyl (C=O) groups is 1. The van der Waals surface area contributed by atoms with E-state index in [0.717, 1.165) is 26.1 Å². The quantitative estimate of drug-likeness (QED) is 0.589. The lowest BCUT2D eigenvalue weighted by Crippen LogP contribution is -2.40. The fraction of sp³-hybridized carbons (Fsp3) is 0.875. The van der Waals surface area contributed by atoms with Crippen LogP contribution in [-0.4, -0.2) is 41.1 Å². The van der Waals surface area contributed by atoms with Crippen LogP contribution in [0.4, 0.5) is 0 Å². The Morgan fingerprint density at radius 2 is 2.50 bits per heavy atom. The Labute approximate surface area is 76.9 Å². The van der Waals surface area contributed by atoms with Crippen LogP contribution < -0.4 is 5.32 Å². The molecule has 68 valence electrons. The molecule has 0 aliphatic carbocycles. The Bertz CT molecular complexity index is 201. The van der Waals surface area contributed by atoms with E-state index in [4.69, 9.17) is 0 Å². The highest BCUT2D eigenvalue weighted by molar-refractivity contribution is 8.00. The van der Waals surface area contributed by atoms with Crippen molar-refractivity contribution in [1.82, 2.24) is 10.2 Å². The molecule has 1 amide bonds. The fourth-order valence-electron chi connectivity index (χ4n) is 1.89. The summed E-state index contributed by atoms with van der Waals surface area (Å²) in [5, 5.41) is 3.49. The standard InChI is InChI=1S/C8H14N2OS/c1-7(11)10-4-2-8(6-10)9-3-5-12-8/h9H,2-6H2,1H3. The Morgan fingerprint density at radius 3 is 3.00 bits per heavy atom. The summed E-state index contributed by atoms with van der Waals surface area (Å²) in [5.74, 6) is 1.40. The third-order valence-corrected chi connectivity index (χ3v) is 4.04. The first-order valence-electron chi connectivity index (χ1n) is 4.36. The van der Waals surface area contributed by atoms with Gasteiger partial charge in [0.05, 0.1) is 4.87 Å². The minimum Gasteiger partial charge on any atom is -0.340 e. The molecular weight excluding hydrogens is 172 g/mol. The zero-order chi connectivity index (χ0) is 8.60. The van der Waals surface area contributed by atoms with Crippen LogP contribution in [0, 0.1) is 0 Å². The van der Waals surface area contributed by atoms with Crippen molar-refractivity contribution in [2.75, 3.05) is 25.4 Å². The van der Waals surface area contributed by atoms with Crippen LogP contribution in [0.1, 0.15) is 13.3 Å². The smallest absolute Gasteiger partial charge is 0.219 e. The number of likely N-dealkylation sites (tertiary alicyclic amines) is 1. The lowest BCUT2D eigenvalue weighted by atomic mass is 10.2. The summed E-state index contributed by atoms with van der Waals surface area (Å²) >= 11 is 1.97. The van der Waals surface area contributed by atoms with Crippen molar-refractivity contribution in [2.24, 2.45) is 0 Å². The van der Waals surface area contributed by atoms with Gasteiger partial charge in [0.2, 0.25) is 5.91 Å². The highest BCUT2D eigenvalue weighted by atomic mass is 32.2. The van der Waals surface area contributed by atoms with E-state index in [2.05, 4.69) is 5.32 Å². The zero-order valence-corrected chi connectivity index (χ0v) is 8.12. The molecule has 0 aromatic rings. The molecule has 2 saturated heterocycles. The molecule has 3 nitrogen and oxygen atoms in total. The second-order valence-corrected chi connectivity index (χ2v) is 4.94. The summed E-state index contributed by atoms with van der Waals surface area (Å²) in [4.78, 5) is 13.2. The number of carbonyl (C=O) groups excluding carboxylic acids is 1. The van der Waals surface area contributed by atoms with Crippen molar-refractivity contribution in [2.45, 2.75) is 18.2 Å². The van der Waals surface area contributed by atoms with E-state index in [1.165, 1.54) is 5.75 Å². The van der Waals surface area contributed by atoms with E-state index in [1.807, 2.05) is 16.7 Å². The average molecular weight is 186 g/mol. The van der Waals surface area contributed by atoms with Gasteiger partial charge in [0, 0.05) is 32.3 Å². The molecule has 2 fully saturated rings. The van der Waals surface area contributed by atoms with Crippen molar-refractivity contribution in [3.05, 3.63) is 0 Å². The van der Waals surface area contributed by atoms with E-state index >= 15 is 0 Å². The van der Waals surface area contributed by atoms with Crippen molar-refractivity contribution in [3.8, 4) is 0 Å². The van der Waals surface area contributed by atoms with Gasteiger partial charge >= 0.3 is 0 Å². The van der Waals surface area contributed by atoms with Crippen LogP contribution in [0.5, 0.6) is 0 Å². The molecular formula is C8H14N2OS. The zero-order valence-electron chi connectivity index (χ0n) is 7.30. The molecule has 4 heteroatoms. The predicted octanol–water partition coefficient (Wildman–Crippen LogP) is 0.271. The predicted molar refractivity (Wildman–Crippen MR) is 50.1 cm³/mol. The summed E-state index contributed by atoms with van der Waals surface area (Å²) in [6.07, 6.45) is 1.11. The van der Waals surface area contributed by atoms with Gasteiger partial charge in [0.25, 0.3) is 0 Å². The van der Waals surface area contributed by atoms with Gasteiger partial charge in [-0.3, -0.25) is 4.79 Å². The van der Waals surface area contributed by atoms with Crippen molar-refractivity contribution >= 4 is 17.7 Å². The molecule has 0 radical (unpaired) electrons. The summed E-state index contributed by atoms with van der Waals surface area (Å²) in [6.45, 7) is 4.57. The first-order valence-corrected chi connectivity index (χ1v) is 5.35. The summed E-state index contributed by atoms with van der Waals surface area (Å²) in [5.41, 5.74) is 0. The third-order valence-electron chi connectivity index (χ3n) is 2.60. The number of rotatable bonds is 0. The lowest BCUT2D eigenvalue weighted by Gasteiger charge is -2.22. The maximum Gasteiger partial charge on any atom is 0.219 e. The van der Waals surface area contributed by atoms with Crippen molar-refractivity contribution in [3.63, 3.8) is 0 Å². The van der Waals surface area contributed by atoms with Gasteiger partial charge in [-0.15, -0.1) is 11.8 Å². The summed E-state index contributed by atoms with van der Waals surface area (Å²) < 4.78 is 0. The van der Waals surface area contributed by atoms with Gasteiger partial charge in [0.1, 0.15) is 0 Å². The van der Waals surface area contributed by atoms with E-state index < -0.39 is 0 Å². The van der Waals surface area contributed by atoms with E-state index in [-0.39, 0.29) is 10.8 Å². The second-order valence-electron chi connectivity index (χ2n) is 3.46. The fourth-order valence-corrected chi connectivity index (χ4v) is 3.17. The van der Waals surface area contributed by atoms with Crippen LogP contribution in [0.25, 0.3) is 0 Å². The molecule has 2 aliphatic heterocycles. The van der Waals surface area contributed by atoms with Crippen molar-refractivity contribution in [1.29, 1.82) is 0 Å². The van der Waals surface area contributed by atoms with Crippen LogP contribution in [-0.2, 0) is 4.79 Å². The largest absolute Gasteiger partial charge is 0.340 e.